The van der Waals surface area contributed by atoms with E-state index in [-0.39, 0.29) is 0 Å². The molecule has 0 aliphatic rings. The predicted octanol–water partition coefficient (Wildman–Crippen LogP) is 8.07. The smallest absolute Gasteiger partial charge is 0.0414 e. The van der Waals surface area contributed by atoms with Gasteiger partial charge < -0.3 is 0 Å². The summed E-state index contributed by atoms with van der Waals surface area (Å²) in [6.07, 6.45) is 0. The first-order valence-corrected chi connectivity index (χ1v) is 9.75. The van der Waals surface area contributed by atoms with E-state index in [9.17, 15) is 0 Å². The third kappa shape index (κ3) is 2.99. The summed E-state index contributed by atoms with van der Waals surface area (Å²) in [5, 5.41) is 0. The molecule has 0 bridgehead atoms. The molecule has 0 radical (unpaired) electrons. The van der Waals surface area contributed by atoms with Crippen LogP contribution >= 0.6 is 63.7 Å². The van der Waals surface area contributed by atoms with Gasteiger partial charge in [-0.05, 0) is 74.8 Å². The summed E-state index contributed by atoms with van der Waals surface area (Å²) in [6, 6.07) is 20.6. The fraction of sp³-hybridized carbons (Fsp3) is 0. The number of rotatable bonds is 2. The van der Waals surface area contributed by atoms with Crippen LogP contribution in [0.2, 0.25) is 0 Å². The summed E-state index contributed by atoms with van der Waals surface area (Å²) in [6.45, 7) is 0. The molecule has 0 N–H and O–H groups in total. The molecule has 0 aliphatic carbocycles. The molecule has 0 spiro atoms. The van der Waals surface area contributed by atoms with Crippen molar-refractivity contribution in [1.82, 2.24) is 0 Å². The predicted molar refractivity (Wildman–Crippen MR) is 108 cm³/mol. The summed E-state index contributed by atoms with van der Waals surface area (Å²) < 4.78 is 4.14. The molecular weight excluding hydrogens is 536 g/mol. The molecule has 0 aromatic heterocycles. The van der Waals surface area contributed by atoms with E-state index in [4.69, 9.17) is 0 Å². The second kappa shape index (κ2) is 7.00. The highest BCUT2D eigenvalue weighted by molar-refractivity contribution is 9.14. The van der Waals surface area contributed by atoms with Gasteiger partial charge in [-0.15, -0.1) is 0 Å². The zero-order valence-electron chi connectivity index (χ0n) is 11.3. The number of benzene rings is 3. The summed E-state index contributed by atoms with van der Waals surface area (Å²) in [5.74, 6) is 0. The van der Waals surface area contributed by atoms with Gasteiger partial charge in [-0.3, -0.25) is 0 Å². The molecule has 3 aromatic rings. The Balaban J connectivity index is 2.31. The Kier molecular flexibility index (Phi) is 5.23. The molecule has 0 amide bonds. The SMILES string of the molecule is Brc1c(Br)c(-c2ccccc2)c(Br)c(Br)c1-c1ccccc1. The largest absolute Gasteiger partial charge is 0.0622 e. The zero-order chi connectivity index (χ0) is 15.7. The molecule has 0 aliphatic heterocycles. The molecule has 0 unspecified atom stereocenters. The van der Waals surface area contributed by atoms with Crippen molar-refractivity contribution >= 4 is 63.7 Å². The molecule has 0 heterocycles. The molecule has 3 aromatic carbocycles. The summed E-state index contributed by atoms with van der Waals surface area (Å²) in [5.41, 5.74) is 4.56. The van der Waals surface area contributed by atoms with Gasteiger partial charge in [-0.25, -0.2) is 0 Å². The number of hydrogen-bond acceptors (Lipinski definition) is 0. The first-order valence-electron chi connectivity index (χ1n) is 6.58. The van der Waals surface area contributed by atoms with Gasteiger partial charge in [0.1, 0.15) is 0 Å². The van der Waals surface area contributed by atoms with Crippen molar-refractivity contribution in [2.45, 2.75) is 0 Å². The highest BCUT2D eigenvalue weighted by atomic mass is 79.9. The molecule has 0 atom stereocenters. The minimum atomic E-state index is 1.03. The van der Waals surface area contributed by atoms with E-state index in [1.807, 2.05) is 36.4 Å². The van der Waals surface area contributed by atoms with E-state index in [0.717, 1.165) is 40.1 Å². The Hall–Kier alpha value is -0.420. The second-order valence-corrected chi connectivity index (χ2v) is 7.91. The summed E-state index contributed by atoms with van der Waals surface area (Å²) >= 11 is 15.0. The molecule has 3 rings (SSSR count). The Morgan fingerprint density at radius 2 is 0.682 bits per heavy atom. The minimum absolute atomic E-state index is 1.03. The molecule has 0 fully saturated rings. The molecule has 4 heteroatoms. The average Bonchev–Trinajstić information content (AvgIpc) is 2.55. The molecular formula is C18H10Br4. The second-order valence-electron chi connectivity index (χ2n) is 4.74. The zero-order valence-corrected chi connectivity index (χ0v) is 17.6. The fourth-order valence-corrected chi connectivity index (χ4v) is 5.38. The van der Waals surface area contributed by atoms with E-state index < -0.39 is 0 Å². The lowest BCUT2D eigenvalue weighted by Gasteiger charge is -2.17. The van der Waals surface area contributed by atoms with Crippen LogP contribution in [0.5, 0.6) is 0 Å². The van der Waals surface area contributed by atoms with Crippen LogP contribution in [0.15, 0.2) is 78.6 Å². The first-order chi connectivity index (χ1) is 10.6. The normalized spacial score (nSPS) is 10.7. The van der Waals surface area contributed by atoms with Crippen LogP contribution in [-0.4, -0.2) is 0 Å². The van der Waals surface area contributed by atoms with Crippen molar-refractivity contribution in [3.8, 4) is 22.3 Å². The van der Waals surface area contributed by atoms with Crippen LogP contribution in [0.4, 0.5) is 0 Å². The Labute approximate surface area is 163 Å². The molecule has 0 saturated carbocycles. The monoisotopic (exact) mass is 542 g/mol. The quantitative estimate of drug-likeness (QED) is 0.286. The Morgan fingerprint density at radius 3 is 0.955 bits per heavy atom. The highest BCUT2D eigenvalue weighted by Gasteiger charge is 2.20. The Morgan fingerprint density at radius 1 is 0.409 bits per heavy atom. The van der Waals surface area contributed by atoms with Crippen LogP contribution in [0.1, 0.15) is 0 Å². The number of halogens is 4. The lowest BCUT2D eigenvalue weighted by Crippen LogP contribution is -1.91. The molecule has 22 heavy (non-hydrogen) atoms. The van der Waals surface area contributed by atoms with Gasteiger partial charge in [-0.2, -0.15) is 0 Å². The highest BCUT2D eigenvalue weighted by Crippen LogP contribution is 2.49. The maximum Gasteiger partial charge on any atom is 0.0414 e. The van der Waals surface area contributed by atoms with Gasteiger partial charge in [0.25, 0.3) is 0 Å². The van der Waals surface area contributed by atoms with Crippen LogP contribution in [0, 0.1) is 0 Å². The van der Waals surface area contributed by atoms with Gasteiger partial charge in [0.2, 0.25) is 0 Å². The van der Waals surface area contributed by atoms with Crippen LogP contribution < -0.4 is 0 Å². The maximum atomic E-state index is 3.75. The lowest BCUT2D eigenvalue weighted by molar-refractivity contribution is 1.47. The van der Waals surface area contributed by atoms with Crippen molar-refractivity contribution in [1.29, 1.82) is 0 Å². The van der Waals surface area contributed by atoms with Crippen molar-refractivity contribution in [2.24, 2.45) is 0 Å². The van der Waals surface area contributed by atoms with E-state index >= 15 is 0 Å². The van der Waals surface area contributed by atoms with E-state index in [0.29, 0.717) is 0 Å². The van der Waals surface area contributed by atoms with Crippen molar-refractivity contribution in [2.75, 3.05) is 0 Å². The van der Waals surface area contributed by atoms with Gasteiger partial charge in [0.05, 0.1) is 0 Å². The van der Waals surface area contributed by atoms with Crippen LogP contribution in [0.3, 0.4) is 0 Å². The Bertz CT molecular complexity index is 712. The van der Waals surface area contributed by atoms with Gasteiger partial charge >= 0.3 is 0 Å². The summed E-state index contributed by atoms with van der Waals surface area (Å²) in [7, 11) is 0. The van der Waals surface area contributed by atoms with Crippen molar-refractivity contribution in [3.63, 3.8) is 0 Å². The van der Waals surface area contributed by atoms with E-state index in [1.54, 1.807) is 0 Å². The maximum absolute atomic E-state index is 3.75. The lowest BCUT2D eigenvalue weighted by atomic mass is 10.0. The third-order valence-electron chi connectivity index (χ3n) is 3.39. The van der Waals surface area contributed by atoms with Gasteiger partial charge in [-0.1, -0.05) is 60.7 Å². The number of hydrogen-bond donors (Lipinski definition) is 0. The van der Waals surface area contributed by atoms with Gasteiger partial charge in [0.15, 0.2) is 0 Å². The van der Waals surface area contributed by atoms with E-state index in [1.165, 1.54) is 0 Å². The van der Waals surface area contributed by atoms with Crippen LogP contribution in [-0.2, 0) is 0 Å². The van der Waals surface area contributed by atoms with Gasteiger partial charge in [0, 0.05) is 29.0 Å². The van der Waals surface area contributed by atoms with Crippen LogP contribution in [0.25, 0.3) is 22.3 Å². The molecule has 0 saturated heterocycles. The average molecular weight is 546 g/mol. The standard InChI is InChI=1S/C18H10Br4/c19-15-13(11-7-3-1-4-8-11)16(20)18(22)14(17(15)21)12-9-5-2-6-10-12/h1-10H. The topological polar surface area (TPSA) is 0 Å². The minimum Gasteiger partial charge on any atom is -0.0622 e. The fourth-order valence-electron chi connectivity index (χ4n) is 2.35. The molecule has 0 nitrogen and oxygen atoms in total. The van der Waals surface area contributed by atoms with Crippen molar-refractivity contribution < 1.29 is 0 Å². The van der Waals surface area contributed by atoms with Crippen molar-refractivity contribution in [3.05, 3.63) is 78.6 Å². The van der Waals surface area contributed by atoms with E-state index in [2.05, 4.69) is 88.0 Å². The summed E-state index contributed by atoms with van der Waals surface area (Å²) in [4.78, 5) is 0. The first kappa shape index (κ1) is 16.4. The third-order valence-corrected chi connectivity index (χ3v) is 7.62. The molecule has 110 valence electrons.